The van der Waals surface area contributed by atoms with Crippen molar-refractivity contribution < 1.29 is 31.7 Å². The number of piperidine rings is 1. The van der Waals surface area contributed by atoms with E-state index in [0.717, 1.165) is 19.5 Å². The van der Waals surface area contributed by atoms with Gasteiger partial charge in [0.25, 0.3) is 5.91 Å². The number of nitrogens with one attached hydrogen (secondary N) is 2. The molecule has 0 aliphatic carbocycles. The van der Waals surface area contributed by atoms with E-state index in [1.54, 1.807) is 0 Å². The maximum Gasteiger partial charge on any atom is 0.418 e. The maximum atomic E-state index is 12.5. The molecule has 4 aliphatic heterocycles. The molecule has 12 nitrogen and oxygen atoms in total. The SMILES string of the molecule is O=C(NOC[C@H]1C[C@@H](CN2CCC2)CN1)[C@@H]1CC[C@@H]2CN1C(=O)N2OS(=O)(=O)O. The zero-order valence-electron chi connectivity index (χ0n) is 16.0. The van der Waals surface area contributed by atoms with E-state index in [0.29, 0.717) is 30.4 Å². The third-order valence-electron chi connectivity index (χ3n) is 6.04. The molecule has 29 heavy (non-hydrogen) atoms. The summed E-state index contributed by atoms with van der Waals surface area (Å²) in [6.45, 7) is 4.88. The lowest BCUT2D eigenvalue weighted by atomic mass is 10.0. The van der Waals surface area contributed by atoms with E-state index in [2.05, 4.69) is 20.0 Å². The average Bonchev–Trinajstić information content (AvgIpc) is 3.16. The van der Waals surface area contributed by atoms with Gasteiger partial charge in [0.2, 0.25) is 0 Å². The molecule has 0 spiro atoms. The van der Waals surface area contributed by atoms with E-state index in [4.69, 9.17) is 9.39 Å². The number of carbonyl (C=O) groups is 2. The molecule has 13 heteroatoms. The number of hydrogen-bond donors (Lipinski definition) is 3. The number of likely N-dealkylation sites (tertiary alicyclic amines) is 1. The minimum Gasteiger partial charge on any atom is -0.311 e. The van der Waals surface area contributed by atoms with Gasteiger partial charge in [-0.2, -0.15) is 13.5 Å². The van der Waals surface area contributed by atoms with Crippen molar-refractivity contribution in [2.24, 2.45) is 5.92 Å². The minimum atomic E-state index is -4.81. The number of nitrogens with zero attached hydrogens (tertiary/aromatic N) is 3. The molecule has 4 fully saturated rings. The lowest BCUT2D eigenvalue weighted by molar-refractivity contribution is -0.139. The molecular weight excluding hydrogens is 406 g/mol. The van der Waals surface area contributed by atoms with E-state index < -0.39 is 34.4 Å². The van der Waals surface area contributed by atoms with Gasteiger partial charge in [-0.25, -0.2) is 10.3 Å². The summed E-state index contributed by atoms with van der Waals surface area (Å²) in [4.78, 5) is 33.9. The Morgan fingerprint density at radius 1 is 1.31 bits per heavy atom. The first-order valence-electron chi connectivity index (χ1n) is 9.94. The van der Waals surface area contributed by atoms with E-state index in [9.17, 15) is 18.0 Å². The highest BCUT2D eigenvalue weighted by molar-refractivity contribution is 7.80. The second-order valence-corrected chi connectivity index (χ2v) is 9.15. The molecule has 4 saturated heterocycles. The first-order valence-corrected chi connectivity index (χ1v) is 11.3. The minimum absolute atomic E-state index is 0.148. The first-order chi connectivity index (χ1) is 13.8. The molecule has 4 atom stereocenters. The fraction of sp³-hybridized carbons (Fsp3) is 0.875. The van der Waals surface area contributed by atoms with Gasteiger partial charge < -0.3 is 15.1 Å². The summed E-state index contributed by atoms with van der Waals surface area (Å²) >= 11 is 0. The predicted octanol–water partition coefficient (Wildman–Crippen LogP) is -1.28. The van der Waals surface area contributed by atoms with Crippen LogP contribution in [0.3, 0.4) is 0 Å². The average molecular weight is 433 g/mol. The van der Waals surface area contributed by atoms with E-state index in [-0.39, 0.29) is 12.6 Å². The van der Waals surface area contributed by atoms with Crippen molar-refractivity contribution in [1.82, 2.24) is 25.7 Å². The van der Waals surface area contributed by atoms with E-state index >= 15 is 0 Å². The summed E-state index contributed by atoms with van der Waals surface area (Å²) in [5.41, 5.74) is 2.41. The lowest BCUT2D eigenvalue weighted by Crippen LogP contribution is -2.50. The monoisotopic (exact) mass is 433 g/mol. The molecule has 4 rings (SSSR count). The van der Waals surface area contributed by atoms with Crippen molar-refractivity contribution in [2.75, 3.05) is 39.3 Å². The third kappa shape index (κ3) is 4.81. The highest BCUT2D eigenvalue weighted by Gasteiger charge is 2.49. The molecule has 2 bridgehead atoms. The molecule has 3 amide bonds. The van der Waals surface area contributed by atoms with Crippen LogP contribution in [-0.4, -0.2) is 97.2 Å². The summed E-state index contributed by atoms with van der Waals surface area (Å²) in [6.07, 6.45) is 2.98. The van der Waals surface area contributed by atoms with Gasteiger partial charge in [0, 0.05) is 19.1 Å². The molecule has 164 valence electrons. The lowest BCUT2D eigenvalue weighted by Gasteiger charge is -2.32. The van der Waals surface area contributed by atoms with Crippen LogP contribution in [0, 0.1) is 5.92 Å². The summed E-state index contributed by atoms with van der Waals surface area (Å²) < 4.78 is 35.0. The van der Waals surface area contributed by atoms with Crippen LogP contribution in [0.4, 0.5) is 4.79 Å². The van der Waals surface area contributed by atoms with Crippen LogP contribution in [0.15, 0.2) is 0 Å². The molecule has 0 aromatic rings. The second-order valence-electron chi connectivity index (χ2n) is 8.15. The van der Waals surface area contributed by atoms with Gasteiger partial charge in [0.05, 0.1) is 12.6 Å². The van der Waals surface area contributed by atoms with Gasteiger partial charge in [-0.15, -0.1) is 4.28 Å². The van der Waals surface area contributed by atoms with Crippen molar-refractivity contribution in [3.05, 3.63) is 0 Å². The van der Waals surface area contributed by atoms with Crippen LogP contribution in [0.2, 0.25) is 0 Å². The Bertz CT molecular complexity index is 746. The van der Waals surface area contributed by atoms with Gasteiger partial charge >= 0.3 is 16.4 Å². The van der Waals surface area contributed by atoms with Gasteiger partial charge in [-0.3, -0.25) is 14.2 Å². The van der Waals surface area contributed by atoms with Crippen LogP contribution in [-0.2, 0) is 24.3 Å². The molecule has 0 aromatic heterocycles. The van der Waals surface area contributed by atoms with Gasteiger partial charge in [0.1, 0.15) is 6.04 Å². The van der Waals surface area contributed by atoms with Gasteiger partial charge in [-0.05, 0) is 51.2 Å². The fourth-order valence-corrected chi connectivity index (χ4v) is 4.87. The number of urea groups is 1. The Hall–Kier alpha value is -1.51. The molecule has 4 heterocycles. The van der Waals surface area contributed by atoms with Crippen molar-refractivity contribution in [3.63, 3.8) is 0 Å². The molecule has 4 aliphatic rings. The third-order valence-corrected chi connectivity index (χ3v) is 6.38. The van der Waals surface area contributed by atoms with Crippen LogP contribution in [0.1, 0.15) is 25.7 Å². The quantitative estimate of drug-likeness (QED) is 0.315. The van der Waals surface area contributed by atoms with Crippen LogP contribution < -0.4 is 10.8 Å². The summed E-state index contributed by atoms with van der Waals surface area (Å²) in [5.74, 6) is 0.131. The van der Waals surface area contributed by atoms with Crippen molar-refractivity contribution in [1.29, 1.82) is 0 Å². The predicted molar refractivity (Wildman–Crippen MR) is 98.4 cm³/mol. The highest BCUT2D eigenvalue weighted by Crippen LogP contribution is 2.30. The van der Waals surface area contributed by atoms with Gasteiger partial charge in [-0.1, -0.05) is 0 Å². The topological polar surface area (TPSA) is 141 Å². The molecule has 0 radical (unpaired) electrons. The maximum absolute atomic E-state index is 12.5. The van der Waals surface area contributed by atoms with Crippen molar-refractivity contribution in [3.8, 4) is 0 Å². The summed E-state index contributed by atoms with van der Waals surface area (Å²) in [6, 6.07) is -1.90. The molecule has 0 aromatic carbocycles. The standard InChI is InChI=1S/C16H27N5O7S/c22-15(18-27-10-12-6-11(7-17-12)8-19-4-1-5-19)14-3-2-13-9-20(14)16(23)21(13)28-29(24,25)26/h11-14,17H,1-10H2,(H,18,22)(H,24,25,26)/t11-,12-,13-,14+/m1/s1. The van der Waals surface area contributed by atoms with Gasteiger partial charge in [0.15, 0.2) is 0 Å². The van der Waals surface area contributed by atoms with Crippen LogP contribution in [0.25, 0.3) is 0 Å². The number of hydrogen-bond acceptors (Lipinski definition) is 8. The number of amides is 3. The zero-order valence-corrected chi connectivity index (χ0v) is 16.8. The largest absolute Gasteiger partial charge is 0.418 e. The van der Waals surface area contributed by atoms with E-state index in [1.807, 2.05) is 0 Å². The first kappa shape index (κ1) is 20.8. The van der Waals surface area contributed by atoms with Crippen LogP contribution in [0.5, 0.6) is 0 Å². The second kappa shape index (κ2) is 8.32. The summed E-state index contributed by atoms with van der Waals surface area (Å²) in [5, 5.41) is 4.02. The molecular formula is C16H27N5O7S. The smallest absolute Gasteiger partial charge is 0.311 e. The Kier molecular flexibility index (Phi) is 5.95. The summed E-state index contributed by atoms with van der Waals surface area (Å²) in [7, 11) is -4.81. The Morgan fingerprint density at radius 3 is 2.79 bits per heavy atom. The molecule has 3 N–H and O–H groups in total. The number of carbonyl (C=O) groups excluding carboxylic acids is 2. The van der Waals surface area contributed by atoms with Crippen LogP contribution >= 0.6 is 0 Å². The number of fused-ring (bicyclic) bond motifs is 2. The highest BCUT2D eigenvalue weighted by atomic mass is 32.3. The Balaban J connectivity index is 1.21. The van der Waals surface area contributed by atoms with Crippen molar-refractivity contribution >= 4 is 22.3 Å². The molecule has 0 unspecified atom stereocenters. The van der Waals surface area contributed by atoms with Crippen molar-refractivity contribution in [2.45, 2.75) is 43.8 Å². The normalized spacial score (nSPS) is 32.5. The number of rotatable bonds is 8. The fourth-order valence-electron chi connectivity index (χ4n) is 4.48. The number of hydroxylamine groups is 3. The Morgan fingerprint density at radius 2 is 2.10 bits per heavy atom. The van der Waals surface area contributed by atoms with E-state index in [1.165, 1.54) is 24.4 Å². The molecule has 0 saturated carbocycles. The zero-order chi connectivity index (χ0) is 20.6. The Labute approximate surface area is 169 Å².